The van der Waals surface area contributed by atoms with Crippen molar-refractivity contribution in [2.75, 3.05) is 18.7 Å². The van der Waals surface area contributed by atoms with Crippen LogP contribution in [0.3, 0.4) is 0 Å². The molecule has 1 aliphatic carbocycles. The molecule has 0 unspecified atom stereocenters. The van der Waals surface area contributed by atoms with Crippen molar-refractivity contribution in [2.24, 2.45) is 0 Å². The number of hydrogen-bond acceptors (Lipinski definition) is 3. The average molecular weight is 462 g/mol. The summed E-state index contributed by atoms with van der Waals surface area (Å²) in [5, 5.41) is 2.90. The molecular formula is C27H24FNO3S. The first-order valence-electron chi connectivity index (χ1n) is 10.5. The number of halogens is 1. The van der Waals surface area contributed by atoms with Crippen molar-refractivity contribution in [3.05, 3.63) is 94.8 Å². The Morgan fingerprint density at radius 3 is 2.48 bits per heavy atom. The average Bonchev–Trinajstić information content (AvgIpc) is 3.05. The molecule has 33 heavy (non-hydrogen) atoms. The van der Waals surface area contributed by atoms with Gasteiger partial charge in [0.1, 0.15) is 11.6 Å². The normalized spacial score (nSPS) is 14.8. The molecule has 6 heteroatoms. The van der Waals surface area contributed by atoms with Crippen molar-refractivity contribution < 1.29 is 18.1 Å². The maximum atomic E-state index is 14.1. The fourth-order valence-corrected chi connectivity index (χ4v) is 4.53. The van der Waals surface area contributed by atoms with Gasteiger partial charge in [-0.1, -0.05) is 30.3 Å². The van der Waals surface area contributed by atoms with Crippen LogP contribution < -0.4 is 10.1 Å². The first-order chi connectivity index (χ1) is 15.9. The topological polar surface area (TPSA) is 55.4 Å². The molecule has 1 aliphatic rings. The Kier molecular flexibility index (Phi) is 6.56. The van der Waals surface area contributed by atoms with E-state index in [4.69, 9.17) is 4.74 Å². The summed E-state index contributed by atoms with van der Waals surface area (Å²) in [5.74, 6) is 0.0202. The Morgan fingerprint density at radius 2 is 1.79 bits per heavy atom. The van der Waals surface area contributed by atoms with Gasteiger partial charge < -0.3 is 10.1 Å². The first-order valence-corrected chi connectivity index (χ1v) is 12.0. The minimum atomic E-state index is -1.04. The number of allylic oxidation sites excluding steroid dienone is 2. The highest BCUT2D eigenvalue weighted by molar-refractivity contribution is 7.84. The van der Waals surface area contributed by atoms with Gasteiger partial charge in [-0.05, 0) is 82.8 Å². The highest BCUT2D eigenvalue weighted by Crippen LogP contribution is 2.44. The number of carbonyl (C=O) groups excluding carboxylic acids is 1. The van der Waals surface area contributed by atoms with Crippen molar-refractivity contribution in [1.82, 2.24) is 0 Å². The molecule has 0 spiro atoms. The lowest BCUT2D eigenvalue weighted by Gasteiger charge is -2.11. The molecule has 0 saturated heterocycles. The van der Waals surface area contributed by atoms with Gasteiger partial charge in [0, 0.05) is 22.0 Å². The van der Waals surface area contributed by atoms with E-state index in [1.54, 1.807) is 31.6 Å². The Bertz CT molecular complexity index is 1310. The van der Waals surface area contributed by atoms with Crippen LogP contribution in [0.2, 0.25) is 0 Å². The fourth-order valence-electron chi connectivity index (χ4n) is 4.01. The maximum absolute atomic E-state index is 14.1. The van der Waals surface area contributed by atoms with Crippen molar-refractivity contribution in [1.29, 1.82) is 0 Å². The van der Waals surface area contributed by atoms with Gasteiger partial charge in [-0.15, -0.1) is 0 Å². The summed E-state index contributed by atoms with van der Waals surface area (Å²) in [6.45, 7) is 1.95. The van der Waals surface area contributed by atoms with E-state index in [0.717, 1.165) is 38.3 Å². The summed E-state index contributed by atoms with van der Waals surface area (Å²) in [6.07, 6.45) is 3.76. The van der Waals surface area contributed by atoms with Gasteiger partial charge in [-0.3, -0.25) is 9.00 Å². The molecule has 3 aromatic rings. The number of carbonyl (C=O) groups is 1. The molecule has 168 valence electrons. The zero-order valence-electron chi connectivity index (χ0n) is 18.6. The summed E-state index contributed by atoms with van der Waals surface area (Å²) < 4.78 is 31.1. The zero-order valence-corrected chi connectivity index (χ0v) is 19.5. The van der Waals surface area contributed by atoms with E-state index in [2.05, 4.69) is 5.32 Å². The zero-order chi connectivity index (χ0) is 23.5. The summed E-state index contributed by atoms with van der Waals surface area (Å²) in [7, 11) is 0.507. The van der Waals surface area contributed by atoms with Gasteiger partial charge in [0.2, 0.25) is 5.91 Å². The lowest BCUT2D eigenvalue weighted by molar-refractivity contribution is -0.115. The number of rotatable bonds is 6. The van der Waals surface area contributed by atoms with E-state index in [0.29, 0.717) is 11.4 Å². The second-order valence-electron chi connectivity index (χ2n) is 7.80. The van der Waals surface area contributed by atoms with Gasteiger partial charge in [-0.2, -0.15) is 0 Å². The van der Waals surface area contributed by atoms with Crippen LogP contribution in [-0.2, 0) is 15.6 Å². The second kappa shape index (κ2) is 9.55. The second-order valence-corrected chi connectivity index (χ2v) is 9.18. The van der Waals surface area contributed by atoms with Crippen molar-refractivity contribution in [2.45, 2.75) is 18.2 Å². The molecule has 1 N–H and O–H groups in total. The lowest BCUT2D eigenvalue weighted by Crippen LogP contribution is -2.12. The largest absolute Gasteiger partial charge is 0.495 e. The fraction of sp³-hybridized carbons (Fsp3) is 0.148. The molecule has 4 nitrogen and oxygen atoms in total. The van der Waals surface area contributed by atoms with Crippen molar-refractivity contribution in [3.8, 4) is 5.75 Å². The van der Waals surface area contributed by atoms with Gasteiger partial charge in [-0.25, -0.2) is 4.39 Å². The van der Waals surface area contributed by atoms with E-state index in [1.165, 1.54) is 12.1 Å². The first kappa shape index (κ1) is 22.7. The van der Waals surface area contributed by atoms with Crippen LogP contribution in [0.25, 0.3) is 17.2 Å². The summed E-state index contributed by atoms with van der Waals surface area (Å²) in [5.41, 5.74) is 5.79. The van der Waals surface area contributed by atoms with E-state index in [-0.39, 0.29) is 18.1 Å². The van der Waals surface area contributed by atoms with E-state index >= 15 is 0 Å². The van der Waals surface area contributed by atoms with Gasteiger partial charge in [0.25, 0.3) is 0 Å². The molecule has 0 saturated carbocycles. The standard InChI is InChI=1S/C27H24FNO3S/c1-17-22(14-18-8-11-20(12-9-18)33(3)31)21-13-10-19(28)15-24(21)23(17)16-27(30)29-25-6-4-5-7-26(25)32-2/h4-15H,16H2,1-3H3,(H,29,30)/b22-14+/t33-/m0/s1. The Balaban J connectivity index is 1.68. The van der Waals surface area contributed by atoms with Crippen molar-refractivity contribution >= 4 is 39.6 Å². The van der Waals surface area contributed by atoms with Crippen LogP contribution in [0.1, 0.15) is 30.0 Å². The third kappa shape index (κ3) is 4.81. The Hall–Kier alpha value is -3.51. The van der Waals surface area contributed by atoms with Gasteiger partial charge in [0.15, 0.2) is 0 Å². The van der Waals surface area contributed by atoms with Crippen molar-refractivity contribution in [3.63, 3.8) is 0 Å². The molecule has 4 rings (SSSR count). The van der Waals surface area contributed by atoms with E-state index < -0.39 is 10.8 Å². The maximum Gasteiger partial charge on any atom is 0.228 e. The molecule has 0 aromatic heterocycles. The summed E-state index contributed by atoms with van der Waals surface area (Å²) in [4.78, 5) is 13.7. The van der Waals surface area contributed by atoms with Gasteiger partial charge in [0.05, 0.1) is 19.2 Å². The van der Waals surface area contributed by atoms with Crippen LogP contribution in [0, 0.1) is 5.82 Å². The van der Waals surface area contributed by atoms with Crippen LogP contribution >= 0.6 is 0 Å². The molecule has 1 atom stereocenters. The smallest absolute Gasteiger partial charge is 0.228 e. The molecular weight excluding hydrogens is 437 g/mol. The lowest BCUT2D eigenvalue weighted by atomic mass is 10.0. The molecule has 0 bridgehead atoms. The number of para-hydroxylation sites is 2. The highest BCUT2D eigenvalue weighted by atomic mass is 32.2. The molecule has 0 radical (unpaired) electrons. The number of benzene rings is 3. The molecule has 0 heterocycles. The van der Waals surface area contributed by atoms with E-state index in [1.807, 2.05) is 49.4 Å². The van der Waals surface area contributed by atoms with Crippen LogP contribution in [0.4, 0.5) is 10.1 Å². The van der Waals surface area contributed by atoms with Crippen LogP contribution in [0.5, 0.6) is 5.75 Å². The number of methoxy groups -OCH3 is 1. The predicted octanol–water partition coefficient (Wildman–Crippen LogP) is 5.93. The SMILES string of the molecule is COc1ccccc1NC(=O)CC1=C(C)/C(=C\c2ccc([S@](C)=O)cc2)c2ccc(F)cc21. The Labute approximate surface area is 195 Å². The monoisotopic (exact) mass is 461 g/mol. The number of ether oxygens (including phenoxy) is 1. The number of hydrogen-bond donors (Lipinski definition) is 1. The third-order valence-corrected chi connectivity index (χ3v) is 6.63. The number of fused-ring (bicyclic) bond motifs is 1. The number of amides is 1. The summed E-state index contributed by atoms with van der Waals surface area (Å²) >= 11 is 0. The highest BCUT2D eigenvalue weighted by Gasteiger charge is 2.26. The van der Waals surface area contributed by atoms with Crippen LogP contribution in [0.15, 0.2) is 77.2 Å². The summed E-state index contributed by atoms with van der Waals surface area (Å²) in [6, 6.07) is 19.4. The molecule has 0 fully saturated rings. The number of nitrogens with one attached hydrogen (secondary N) is 1. The quantitative estimate of drug-likeness (QED) is 0.495. The van der Waals surface area contributed by atoms with Gasteiger partial charge >= 0.3 is 0 Å². The molecule has 3 aromatic carbocycles. The third-order valence-electron chi connectivity index (χ3n) is 5.70. The predicted molar refractivity (Wildman–Crippen MR) is 132 cm³/mol. The molecule has 1 amide bonds. The van der Waals surface area contributed by atoms with E-state index in [9.17, 15) is 13.4 Å². The Morgan fingerprint density at radius 1 is 1.06 bits per heavy atom. The number of anilines is 1. The minimum Gasteiger partial charge on any atom is -0.495 e. The molecule has 0 aliphatic heterocycles. The minimum absolute atomic E-state index is 0.103. The van der Waals surface area contributed by atoms with Crippen LogP contribution in [-0.4, -0.2) is 23.5 Å².